The molecule has 0 radical (unpaired) electrons. The number of aliphatic hydroxyl groups is 1. The lowest BCUT2D eigenvalue weighted by atomic mass is 9.95. The highest BCUT2D eigenvalue weighted by molar-refractivity contribution is 6.09. The minimum atomic E-state index is -0.877. The van der Waals surface area contributed by atoms with Crippen molar-refractivity contribution in [3.05, 3.63) is 35.4 Å². The van der Waals surface area contributed by atoms with Gasteiger partial charge >= 0.3 is 0 Å². The van der Waals surface area contributed by atoms with E-state index in [2.05, 4.69) is 0 Å². The average molecular weight is 259 g/mol. The third-order valence-electron chi connectivity index (χ3n) is 4.12. The number of benzene rings is 1. The van der Waals surface area contributed by atoms with Crippen molar-refractivity contribution in [2.75, 3.05) is 6.54 Å². The number of carbonyl (C=O) groups excluding carboxylic acids is 2. The summed E-state index contributed by atoms with van der Waals surface area (Å²) in [6.07, 6.45) is 3.52. The maximum atomic E-state index is 12.4. The van der Waals surface area contributed by atoms with Crippen molar-refractivity contribution in [2.24, 2.45) is 0 Å². The Balaban J connectivity index is 1.87. The molecule has 3 rings (SSSR count). The summed E-state index contributed by atoms with van der Waals surface area (Å²) in [5, 5.41) is 10.4. The minimum Gasteiger partial charge on any atom is -0.388 e. The van der Waals surface area contributed by atoms with Gasteiger partial charge in [0.2, 0.25) is 5.91 Å². The molecule has 100 valence electrons. The zero-order valence-electron chi connectivity index (χ0n) is 10.8. The van der Waals surface area contributed by atoms with Gasteiger partial charge < -0.3 is 5.11 Å². The van der Waals surface area contributed by atoms with Gasteiger partial charge in [0.1, 0.15) is 0 Å². The van der Waals surface area contributed by atoms with Crippen LogP contribution in [0.2, 0.25) is 0 Å². The van der Waals surface area contributed by atoms with E-state index in [1.54, 1.807) is 12.1 Å². The normalized spacial score (nSPS) is 21.6. The van der Waals surface area contributed by atoms with Crippen LogP contribution in [-0.4, -0.2) is 34.0 Å². The van der Waals surface area contributed by atoms with Gasteiger partial charge in [-0.1, -0.05) is 31.0 Å². The van der Waals surface area contributed by atoms with E-state index in [9.17, 15) is 14.7 Å². The summed E-state index contributed by atoms with van der Waals surface area (Å²) < 4.78 is 0. The summed E-state index contributed by atoms with van der Waals surface area (Å²) in [6, 6.07) is 7.19. The number of rotatable bonds is 2. The predicted octanol–water partition coefficient (Wildman–Crippen LogP) is 1.52. The fraction of sp³-hybridized carbons (Fsp3) is 0.467. The summed E-state index contributed by atoms with van der Waals surface area (Å²) >= 11 is 0. The second-order valence-corrected chi connectivity index (χ2v) is 5.55. The standard InChI is InChI=1S/C15H17NO3/c17-13-9-11-5-1-2-6-12(11)14(18)16(13)10-15(19)7-3-4-8-15/h1-2,5-6,19H,3-4,7-10H2. The highest BCUT2D eigenvalue weighted by Gasteiger charge is 2.39. The van der Waals surface area contributed by atoms with Crippen LogP contribution < -0.4 is 0 Å². The molecule has 0 saturated heterocycles. The quantitative estimate of drug-likeness (QED) is 0.819. The Hall–Kier alpha value is -1.68. The van der Waals surface area contributed by atoms with Gasteiger partial charge in [0, 0.05) is 5.56 Å². The molecule has 1 heterocycles. The molecule has 1 aliphatic heterocycles. The van der Waals surface area contributed by atoms with Gasteiger partial charge in [-0.2, -0.15) is 0 Å². The van der Waals surface area contributed by atoms with Crippen molar-refractivity contribution < 1.29 is 14.7 Å². The van der Waals surface area contributed by atoms with Crippen molar-refractivity contribution in [1.29, 1.82) is 0 Å². The SMILES string of the molecule is O=C1Cc2ccccc2C(=O)N1CC1(O)CCCC1. The topological polar surface area (TPSA) is 57.6 Å². The summed E-state index contributed by atoms with van der Waals surface area (Å²) in [5.74, 6) is -0.476. The first-order valence-corrected chi connectivity index (χ1v) is 6.74. The molecule has 4 nitrogen and oxygen atoms in total. The van der Waals surface area contributed by atoms with Gasteiger partial charge in [0.15, 0.2) is 0 Å². The fourth-order valence-corrected chi connectivity index (χ4v) is 3.05. The minimum absolute atomic E-state index is 0.138. The lowest BCUT2D eigenvalue weighted by Crippen LogP contribution is -2.50. The average Bonchev–Trinajstić information content (AvgIpc) is 2.82. The van der Waals surface area contributed by atoms with Crippen molar-refractivity contribution in [2.45, 2.75) is 37.7 Å². The summed E-state index contributed by atoms with van der Waals surface area (Å²) in [5.41, 5.74) is 0.494. The Morgan fingerprint density at radius 1 is 1.16 bits per heavy atom. The molecule has 4 heteroatoms. The monoisotopic (exact) mass is 259 g/mol. The van der Waals surface area contributed by atoms with Crippen LogP contribution in [0.25, 0.3) is 0 Å². The van der Waals surface area contributed by atoms with Crippen LogP contribution >= 0.6 is 0 Å². The molecule has 1 saturated carbocycles. The zero-order chi connectivity index (χ0) is 13.5. The first-order valence-electron chi connectivity index (χ1n) is 6.74. The van der Waals surface area contributed by atoms with Crippen molar-refractivity contribution in [1.82, 2.24) is 4.90 Å². The van der Waals surface area contributed by atoms with E-state index in [0.29, 0.717) is 18.4 Å². The van der Waals surface area contributed by atoms with Crippen molar-refractivity contribution >= 4 is 11.8 Å². The summed E-state index contributed by atoms with van der Waals surface area (Å²) in [4.78, 5) is 25.7. The Bertz CT molecular complexity index is 532. The van der Waals surface area contributed by atoms with E-state index >= 15 is 0 Å². The molecular weight excluding hydrogens is 242 g/mol. The Morgan fingerprint density at radius 2 is 1.84 bits per heavy atom. The second-order valence-electron chi connectivity index (χ2n) is 5.55. The van der Waals surface area contributed by atoms with Gasteiger partial charge in [-0.15, -0.1) is 0 Å². The molecule has 19 heavy (non-hydrogen) atoms. The maximum absolute atomic E-state index is 12.4. The van der Waals surface area contributed by atoms with Gasteiger partial charge in [-0.05, 0) is 24.5 Å². The van der Waals surface area contributed by atoms with Crippen LogP contribution in [0.15, 0.2) is 24.3 Å². The van der Waals surface area contributed by atoms with Crippen LogP contribution in [0, 0.1) is 0 Å². The number of imide groups is 1. The molecule has 1 N–H and O–H groups in total. The zero-order valence-corrected chi connectivity index (χ0v) is 10.8. The first-order chi connectivity index (χ1) is 9.09. The number of hydrogen-bond acceptors (Lipinski definition) is 3. The van der Waals surface area contributed by atoms with Crippen LogP contribution in [0.5, 0.6) is 0 Å². The number of carbonyl (C=O) groups is 2. The van der Waals surface area contributed by atoms with Gasteiger partial charge in [-0.25, -0.2) is 0 Å². The third kappa shape index (κ3) is 2.16. The van der Waals surface area contributed by atoms with Gasteiger partial charge in [0.05, 0.1) is 18.6 Å². The molecule has 1 aromatic rings. The summed E-state index contributed by atoms with van der Waals surface area (Å²) in [7, 11) is 0. The largest absolute Gasteiger partial charge is 0.388 e. The van der Waals surface area contributed by atoms with E-state index in [4.69, 9.17) is 0 Å². The van der Waals surface area contributed by atoms with Crippen molar-refractivity contribution in [3.63, 3.8) is 0 Å². The molecule has 2 amide bonds. The molecule has 0 unspecified atom stereocenters. The van der Waals surface area contributed by atoms with Gasteiger partial charge in [-0.3, -0.25) is 14.5 Å². The number of hydrogen-bond donors (Lipinski definition) is 1. The van der Waals surface area contributed by atoms with E-state index in [-0.39, 0.29) is 24.8 Å². The second kappa shape index (κ2) is 4.46. The Kier molecular flexibility index (Phi) is 2.90. The highest BCUT2D eigenvalue weighted by Crippen LogP contribution is 2.31. The molecule has 0 spiro atoms. The molecule has 1 fully saturated rings. The van der Waals surface area contributed by atoms with Gasteiger partial charge in [0.25, 0.3) is 5.91 Å². The lowest BCUT2D eigenvalue weighted by molar-refractivity contribution is -0.131. The summed E-state index contributed by atoms with van der Waals surface area (Å²) in [6.45, 7) is 0.138. The lowest BCUT2D eigenvalue weighted by Gasteiger charge is -2.33. The van der Waals surface area contributed by atoms with Crippen LogP contribution in [0.4, 0.5) is 0 Å². The van der Waals surface area contributed by atoms with Crippen LogP contribution in [-0.2, 0) is 11.2 Å². The Morgan fingerprint density at radius 3 is 2.58 bits per heavy atom. The maximum Gasteiger partial charge on any atom is 0.260 e. The number of β-amino-alcohol motifs (C(OH)–C–C–N with tert-alkyl or cyclic N) is 1. The van der Waals surface area contributed by atoms with Crippen molar-refractivity contribution in [3.8, 4) is 0 Å². The number of fused-ring (bicyclic) bond motifs is 1. The fourth-order valence-electron chi connectivity index (χ4n) is 3.05. The molecule has 0 bridgehead atoms. The third-order valence-corrected chi connectivity index (χ3v) is 4.12. The predicted molar refractivity (Wildman–Crippen MR) is 69.6 cm³/mol. The molecule has 1 aromatic carbocycles. The highest BCUT2D eigenvalue weighted by atomic mass is 16.3. The van der Waals surface area contributed by atoms with Crippen LogP contribution in [0.1, 0.15) is 41.6 Å². The Labute approximate surface area is 112 Å². The molecule has 1 aliphatic carbocycles. The first kappa shape index (κ1) is 12.4. The molecule has 0 atom stereocenters. The van der Waals surface area contributed by atoms with E-state index in [1.807, 2.05) is 12.1 Å². The molecule has 0 aromatic heterocycles. The van der Waals surface area contributed by atoms with E-state index in [1.165, 1.54) is 4.90 Å². The molecular formula is C15H17NO3. The molecule has 2 aliphatic rings. The number of nitrogens with zero attached hydrogens (tertiary/aromatic N) is 1. The van der Waals surface area contributed by atoms with E-state index < -0.39 is 5.60 Å². The number of amides is 2. The van der Waals surface area contributed by atoms with E-state index in [0.717, 1.165) is 18.4 Å². The smallest absolute Gasteiger partial charge is 0.260 e. The van der Waals surface area contributed by atoms with Crippen LogP contribution in [0.3, 0.4) is 0 Å².